The molecule has 1 radical (unpaired) electrons. The van der Waals surface area contributed by atoms with Crippen LogP contribution in [0.5, 0.6) is 0 Å². The highest BCUT2D eigenvalue weighted by Gasteiger charge is 1.83. The number of unbranched alkanes of at least 4 members (excludes halogenated alkanes) is 3. The van der Waals surface area contributed by atoms with Crippen molar-refractivity contribution in [2.24, 2.45) is 0 Å². The van der Waals surface area contributed by atoms with Crippen LogP contribution in [0.3, 0.4) is 0 Å². The van der Waals surface area contributed by atoms with Crippen molar-refractivity contribution in [2.75, 3.05) is 0 Å². The Labute approximate surface area is 81.3 Å². The van der Waals surface area contributed by atoms with Gasteiger partial charge >= 0.3 is 0 Å². The molecule has 0 heterocycles. The van der Waals surface area contributed by atoms with E-state index < -0.39 is 0 Å². The van der Waals surface area contributed by atoms with Crippen molar-refractivity contribution in [1.82, 2.24) is 0 Å². The van der Waals surface area contributed by atoms with Gasteiger partial charge in [-0.25, -0.2) is 0 Å². The van der Waals surface area contributed by atoms with Crippen molar-refractivity contribution in [2.45, 2.75) is 32.6 Å². The average molecular weight is 173 g/mol. The van der Waals surface area contributed by atoms with Crippen molar-refractivity contribution in [3.05, 3.63) is 42.0 Å². The fourth-order valence-corrected chi connectivity index (χ4v) is 1.24. The fourth-order valence-electron chi connectivity index (χ4n) is 1.24. The van der Waals surface area contributed by atoms with Crippen LogP contribution in [0, 0.1) is 6.07 Å². The van der Waals surface area contributed by atoms with Crippen LogP contribution in [0.25, 0.3) is 6.08 Å². The van der Waals surface area contributed by atoms with E-state index in [1.165, 1.54) is 31.2 Å². The minimum absolute atomic E-state index is 1.20. The van der Waals surface area contributed by atoms with E-state index in [2.05, 4.69) is 37.3 Å². The van der Waals surface area contributed by atoms with Crippen LogP contribution < -0.4 is 0 Å². The normalized spacial score (nSPS) is 10.8. The van der Waals surface area contributed by atoms with E-state index >= 15 is 0 Å². The lowest BCUT2D eigenvalue weighted by Gasteiger charge is -1.92. The topological polar surface area (TPSA) is 0 Å². The molecule has 0 saturated heterocycles. The number of rotatable bonds is 5. The Morgan fingerprint density at radius 2 is 2.00 bits per heavy atom. The maximum Gasteiger partial charge on any atom is -0.0184 e. The summed E-state index contributed by atoms with van der Waals surface area (Å²) in [5.41, 5.74) is 1.27. The molecule has 1 aromatic carbocycles. The summed E-state index contributed by atoms with van der Waals surface area (Å²) in [7, 11) is 0. The zero-order chi connectivity index (χ0) is 9.36. The van der Waals surface area contributed by atoms with E-state index in [1.807, 2.05) is 12.1 Å². The van der Waals surface area contributed by atoms with E-state index in [-0.39, 0.29) is 0 Å². The van der Waals surface area contributed by atoms with Gasteiger partial charge in [0.05, 0.1) is 0 Å². The minimum Gasteiger partial charge on any atom is -0.0839 e. The Kier molecular flexibility index (Phi) is 5.00. The van der Waals surface area contributed by atoms with Crippen molar-refractivity contribution in [3.63, 3.8) is 0 Å². The largest absolute Gasteiger partial charge is 0.0839 e. The van der Waals surface area contributed by atoms with Crippen molar-refractivity contribution in [1.29, 1.82) is 0 Å². The molecule has 0 fully saturated rings. The van der Waals surface area contributed by atoms with Crippen LogP contribution in [-0.2, 0) is 0 Å². The molecule has 0 aliphatic carbocycles. The number of allylic oxidation sites excluding steroid dienone is 1. The van der Waals surface area contributed by atoms with Crippen molar-refractivity contribution in [3.8, 4) is 0 Å². The zero-order valence-corrected chi connectivity index (χ0v) is 8.29. The molecule has 1 rings (SSSR count). The number of benzene rings is 1. The first-order chi connectivity index (χ1) is 6.43. The molecule has 0 aliphatic heterocycles. The SMILES string of the molecule is CCCCCC=Cc1cc[c]cc1. The molecule has 0 N–H and O–H groups in total. The van der Waals surface area contributed by atoms with Crippen LogP contribution in [-0.4, -0.2) is 0 Å². The highest BCUT2D eigenvalue weighted by atomic mass is 13.9. The number of hydrogen-bond donors (Lipinski definition) is 0. The molecule has 13 heavy (non-hydrogen) atoms. The molecule has 1 aromatic rings. The molecule has 0 bridgehead atoms. The highest BCUT2D eigenvalue weighted by molar-refractivity contribution is 5.48. The first-order valence-electron chi connectivity index (χ1n) is 5.06. The van der Waals surface area contributed by atoms with Crippen LogP contribution >= 0.6 is 0 Å². The molecule has 0 amide bonds. The van der Waals surface area contributed by atoms with Gasteiger partial charge in [-0.3, -0.25) is 0 Å². The molecular formula is C13H17. The maximum atomic E-state index is 3.01. The van der Waals surface area contributed by atoms with Gasteiger partial charge in [0.1, 0.15) is 0 Å². The van der Waals surface area contributed by atoms with Gasteiger partial charge in [0.2, 0.25) is 0 Å². The summed E-state index contributed by atoms with van der Waals surface area (Å²) in [5, 5.41) is 0. The smallest absolute Gasteiger partial charge is 0.0184 e. The first-order valence-corrected chi connectivity index (χ1v) is 5.06. The molecule has 0 heteroatoms. The van der Waals surface area contributed by atoms with Gasteiger partial charge in [-0.05, 0) is 24.5 Å². The Balaban J connectivity index is 2.25. The van der Waals surface area contributed by atoms with E-state index in [1.54, 1.807) is 0 Å². The van der Waals surface area contributed by atoms with Crippen molar-refractivity contribution < 1.29 is 0 Å². The van der Waals surface area contributed by atoms with Crippen molar-refractivity contribution >= 4 is 6.08 Å². The van der Waals surface area contributed by atoms with Crippen LogP contribution in [0.4, 0.5) is 0 Å². The van der Waals surface area contributed by atoms with Gasteiger partial charge in [0.25, 0.3) is 0 Å². The van der Waals surface area contributed by atoms with E-state index in [0.29, 0.717) is 0 Å². The third-order valence-corrected chi connectivity index (χ3v) is 2.03. The fraction of sp³-hybridized carbons (Fsp3) is 0.385. The van der Waals surface area contributed by atoms with Gasteiger partial charge < -0.3 is 0 Å². The third kappa shape index (κ3) is 4.51. The third-order valence-electron chi connectivity index (χ3n) is 2.03. The lowest BCUT2D eigenvalue weighted by Crippen LogP contribution is -1.72. The molecule has 0 atom stereocenters. The quantitative estimate of drug-likeness (QED) is 0.588. The summed E-state index contributed by atoms with van der Waals surface area (Å²) in [6, 6.07) is 11.1. The molecule has 0 unspecified atom stereocenters. The van der Waals surface area contributed by atoms with E-state index in [0.717, 1.165) is 0 Å². The number of hydrogen-bond acceptors (Lipinski definition) is 0. The Morgan fingerprint density at radius 1 is 1.23 bits per heavy atom. The molecule has 0 saturated carbocycles. The maximum absolute atomic E-state index is 3.01. The lowest BCUT2D eigenvalue weighted by atomic mass is 10.1. The van der Waals surface area contributed by atoms with Crippen LogP contribution in [0.1, 0.15) is 38.2 Å². The summed E-state index contributed by atoms with van der Waals surface area (Å²) >= 11 is 0. The van der Waals surface area contributed by atoms with Gasteiger partial charge in [-0.2, -0.15) is 0 Å². The molecule has 69 valence electrons. The summed E-state index contributed by atoms with van der Waals surface area (Å²) in [6.45, 7) is 2.23. The second-order valence-electron chi connectivity index (χ2n) is 3.23. The summed E-state index contributed by atoms with van der Waals surface area (Å²) < 4.78 is 0. The predicted molar refractivity (Wildman–Crippen MR) is 58.5 cm³/mol. The molecule has 0 nitrogen and oxygen atoms in total. The molecule has 0 spiro atoms. The van der Waals surface area contributed by atoms with E-state index in [9.17, 15) is 0 Å². The highest BCUT2D eigenvalue weighted by Crippen LogP contribution is 2.04. The van der Waals surface area contributed by atoms with Gasteiger partial charge in [0, 0.05) is 0 Å². The van der Waals surface area contributed by atoms with Gasteiger partial charge in [0.15, 0.2) is 0 Å². The predicted octanol–water partition coefficient (Wildman–Crippen LogP) is 4.08. The summed E-state index contributed by atoms with van der Waals surface area (Å²) in [4.78, 5) is 0. The van der Waals surface area contributed by atoms with Crippen LogP contribution in [0.15, 0.2) is 30.3 Å². The first kappa shape index (κ1) is 10.0. The second-order valence-corrected chi connectivity index (χ2v) is 3.23. The molecular weight excluding hydrogens is 156 g/mol. The van der Waals surface area contributed by atoms with Crippen LogP contribution in [0.2, 0.25) is 0 Å². The minimum atomic E-state index is 1.20. The zero-order valence-electron chi connectivity index (χ0n) is 8.29. The Hall–Kier alpha value is -1.04. The summed E-state index contributed by atoms with van der Waals surface area (Å²) in [5.74, 6) is 0. The standard InChI is InChI=1S/C13H17/c1-2-3-4-5-7-10-13-11-8-6-9-12-13/h7-12H,2-5H2,1H3. The summed E-state index contributed by atoms with van der Waals surface area (Å²) in [6.07, 6.45) is 9.59. The second kappa shape index (κ2) is 6.47. The van der Waals surface area contributed by atoms with Gasteiger partial charge in [-0.15, -0.1) is 0 Å². The lowest BCUT2D eigenvalue weighted by molar-refractivity contribution is 0.730. The Morgan fingerprint density at radius 3 is 2.69 bits per heavy atom. The van der Waals surface area contributed by atoms with Gasteiger partial charge in [-0.1, -0.05) is 56.2 Å². The monoisotopic (exact) mass is 173 g/mol. The Bertz CT molecular complexity index is 233. The molecule has 0 aromatic heterocycles. The average Bonchev–Trinajstić information content (AvgIpc) is 2.19. The molecule has 0 aliphatic rings. The van der Waals surface area contributed by atoms with E-state index in [4.69, 9.17) is 0 Å².